The van der Waals surface area contributed by atoms with Crippen LogP contribution in [0.3, 0.4) is 0 Å². The van der Waals surface area contributed by atoms with E-state index in [1.54, 1.807) is 24.3 Å². The van der Waals surface area contributed by atoms with E-state index in [1.807, 2.05) is 0 Å². The molecule has 3 rings (SSSR count). The summed E-state index contributed by atoms with van der Waals surface area (Å²) in [4.78, 5) is 27.1. The number of aromatic hydroxyl groups is 1. The molecule has 0 aliphatic heterocycles. The van der Waals surface area contributed by atoms with E-state index in [4.69, 9.17) is 0 Å². The van der Waals surface area contributed by atoms with Crippen molar-refractivity contribution in [1.29, 1.82) is 0 Å². The molecule has 3 aromatic rings. The lowest BCUT2D eigenvalue weighted by Gasteiger charge is -2.06. The average molecular weight is 344 g/mol. The Labute approximate surface area is 141 Å². The number of fused-ring (bicyclic) bond motifs is 1. The molecule has 0 saturated carbocycles. The number of amides is 1. The van der Waals surface area contributed by atoms with Crippen molar-refractivity contribution in [2.75, 3.05) is 5.32 Å². The molecule has 0 fully saturated rings. The van der Waals surface area contributed by atoms with Crippen molar-refractivity contribution in [2.45, 2.75) is 20.3 Å². The quantitative estimate of drug-likeness (QED) is 0.674. The zero-order valence-corrected chi connectivity index (χ0v) is 14.0. The van der Waals surface area contributed by atoms with Crippen molar-refractivity contribution in [1.82, 2.24) is 15.2 Å². The molecule has 24 heavy (non-hydrogen) atoms. The second kappa shape index (κ2) is 6.40. The molecule has 3 N–H and O–H groups in total. The number of pyridine rings is 1. The van der Waals surface area contributed by atoms with Crippen LogP contribution in [0.15, 0.2) is 29.1 Å². The number of hydrogen-bond acceptors (Lipinski definition) is 6. The number of anilines is 1. The Balaban J connectivity index is 1.91. The molecule has 0 radical (unpaired) electrons. The van der Waals surface area contributed by atoms with Gasteiger partial charge >= 0.3 is 0 Å². The summed E-state index contributed by atoms with van der Waals surface area (Å²) in [5.74, 6) is -0.639. The molecule has 2 aromatic heterocycles. The summed E-state index contributed by atoms with van der Waals surface area (Å²) in [6, 6.07) is 6.73. The van der Waals surface area contributed by atoms with Crippen LogP contribution in [0.5, 0.6) is 5.75 Å². The van der Waals surface area contributed by atoms with Crippen LogP contribution in [0.4, 0.5) is 5.13 Å². The smallest absolute Gasteiger partial charge is 0.266 e. The van der Waals surface area contributed by atoms with Crippen molar-refractivity contribution >= 4 is 33.3 Å². The van der Waals surface area contributed by atoms with Crippen LogP contribution in [0, 0.1) is 5.92 Å². The molecule has 0 saturated heterocycles. The van der Waals surface area contributed by atoms with Gasteiger partial charge in [-0.2, -0.15) is 0 Å². The van der Waals surface area contributed by atoms with E-state index in [0.717, 1.165) is 11.4 Å². The monoisotopic (exact) mass is 344 g/mol. The minimum Gasteiger partial charge on any atom is -0.506 e. The van der Waals surface area contributed by atoms with E-state index in [2.05, 4.69) is 34.3 Å². The number of benzene rings is 1. The highest BCUT2D eigenvalue weighted by Crippen LogP contribution is 2.25. The third-order valence-electron chi connectivity index (χ3n) is 3.39. The Hall–Kier alpha value is -2.74. The van der Waals surface area contributed by atoms with Crippen molar-refractivity contribution in [3.8, 4) is 5.75 Å². The highest BCUT2D eigenvalue weighted by Gasteiger charge is 2.20. The second-order valence-electron chi connectivity index (χ2n) is 5.78. The first-order valence-electron chi connectivity index (χ1n) is 7.43. The molecule has 1 amide bonds. The molecule has 8 heteroatoms. The summed E-state index contributed by atoms with van der Waals surface area (Å²) in [6.45, 7) is 4.12. The van der Waals surface area contributed by atoms with Crippen LogP contribution in [0.1, 0.15) is 29.2 Å². The number of carbonyl (C=O) groups excluding carboxylic acids is 1. The van der Waals surface area contributed by atoms with E-state index >= 15 is 0 Å². The van der Waals surface area contributed by atoms with Gasteiger partial charge in [-0.3, -0.25) is 14.9 Å². The molecule has 0 atom stereocenters. The predicted molar refractivity (Wildman–Crippen MR) is 92.6 cm³/mol. The number of aromatic nitrogens is 3. The Kier molecular flexibility index (Phi) is 4.30. The van der Waals surface area contributed by atoms with Gasteiger partial charge in [0, 0.05) is 11.8 Å². The van der Waals surface area contributed by atoms with Crippen molar-refractivity contribution in [3.05, 3.63) is 45.2 Å². The summed E-state index contributed by atoms with van der Waals surface area (Å²) < 4.78 is 0. The Morgan fingerprint density at radius 1 is 1.33 bits per heavy atom. The van der Waals surface area contributed by atoms with Gasteiger partial charge in [-0.1, -0.05) is 37.3 Å². The summed E-state index contributed by atoms with van der Waals surface area (Å²) in [7, 11) is 0. The maximum atomic E-state index is 12.4. The van der Waals surface area contributed by atoms with Crippen LogP contribution in [-0.2, 0) is 6.42 Å². The molecule has 7 nitrogen and oxygen atoms in total. The van der Waals surface area contributed by atoms with E-state index in [0.29, 0.717) is 22.0 Å². The molecule has 124 valence electrons. The summed E-state index contributed by atoms with van der Waals surface area (Å²) in [5.41, 5.74) is -0.531. The number of hydrogen-bond donors (Lipinski definition) is 3. The van der Waals surface area contributed by atoms with E-state index in [1.165, 1.54) is 11.3 Å². The second-order valence-corrected chi connectivity index (χ2v) is 6.84. The summed E-state index contributed by atoms with van der Waals surface area (Å²) >= 11 is 1.25. The lowest BCUT2D eigenvalue weighted by Crippen LogP contribution is -2.23. The molecule has 0 bridgehead atoms. The fourth-order valence-electron chi connectivity index (χ4n) is 2.33. The summed E-state index contributed by atoms with van der Waals surface area (Å²) in [6.07, 6.45) is 0.759. The zero-order chi connectivity index (χ0) is 17.3. The fraction of sp³-hybridized carbons (Fsp3) is 0.250. The summed E-state index contributed by atoms with van der Waals surface area (Å²) in [5, 5.41) is 22.2. The number of rotatable bonds is 4. The van der Waals surface area contributed by atoms with Gasteiger partial charge in [-0.15, -0.1) is 10.2 Å². The minimum atomic E-state index is -0.716. The van der Waals surface area contributed by atoms with Crippen LogP contribution in [-0.4, -0.2) is 26.2 Å². The Morgan fingerprint density at radius 2 is 2.08 bits per heavy atom. The topological polar surface area (TPSA) is 108 Å². The van der Waals surface area contributed by atoms with Gasteiger partial charge in [0.05, 0.1) is 5.52 Å². The molecule has 0 aliphatic rings. The maximum absolute atomic E-state index is 12.4. The first-order chi connectivity index (χ1) is 11.5. The Morgan fingerprint density at radius 3 is 2.83 bits per heavy atom. The van der Waals surface area contributed by atoms with Gasteiger partial charge in [0.1, 0.15) is 16.3 Å². The largest absolute Gasteiger partial charge is 0.506 e. The van der Waals surface area contributed by atoms with Crippen LogP contribution >= 0.6 is 11.3 Å². The van der Waals surface area contributed by atoms with Crippen LogP contribution in [0.25, 0.3) is 10.9 Å². The van der Waals surface area contributed by atoms with E-state index in [9.17, 15) is 14.7 Å². The van der Waals surface area contributed by atoms with Gasteiger partial charge in [-0.05, 0) is 18.1 Å². The van der Waals surface area contributed by atoms with Crippen LogP contribution < -0.4 is 10.9 Å². The average Bonchev–Trinajstić information content (AvgIpc) is 2.93. The minimum absolute atomic E-state index is 0.294. The third-order valence-corrected chi connectivity index (χ3v) is 4.25. The third kappa shape index (κ3) is 3.13. The molecule has 0 aliphatic carbocycles. The molecular weight excluding hydrogens is 328 g/mol. The van der Waals surface area contributed by atoms with Gasteiger partial charge in [0.25, 0.3) is 11.5 Å². The molecular formula is C16H16N4O3S. The number of carbonyl (C=O) groups is 1. The lowest BCUT2D eigenvalue weighted by molar-refractivity contribution is 0.102. The zero-order valence-electron chi connectivity index (χ0n) is 13.2. The molecule has 2 heterocycles. The van der Waals surface area contributed by atoms with E-state index < -0.39 is 11.5 Å². The first-order valence-corrected chi connectivity index (χ1v) is 8.25. The maximum Gasteiger partial charge on any atom is 0.266 e. The first kappa shape index (κ1) is 16.1. The fourth-order valence-corrected chi connectivity index (χ4v) is 3.28. The van der Waals surface area contributed by atoms with Crippen molar-refractivity contribution < 1.29 is 9.90 Å². The van der Waals surface area contributed by atoms with Gasteiger partial charge < -0.3 is 10.1 Å². The van der Waals surface area contributed by atoms with E-state index in [-0.39, 0.29) is 11.3 Å². The lowest BCUT2D eigenvalue weighted by atomic mass is 10.1. The number of nitrogens with one attached hydrogen (secondary N) is 2. The number of nitrogens with zero attached hydrogens (tertiary/aromatic N) is 2. The SMILES string of the molecule is CC(C)Cc1nnc(NC(=O)c2c(O)c3ccccc3[nH]c2=O)s1. The predicted octanol–water partition coefficient (Wildman–Crippen LogP) is 2.54. The molecule has 0 unspecified atom stereocenters. The van der Waals surface area contributed by atoms with Crippen LogP contribution in [0.2, 0.25) is 0 Å². The highest BCUT2D eigenvalue weighted by molar-refractivity contribution is 7.15. The highest BCUT2D eigenvalue weighted by atomic mass is 32.1. The normalized spacial score (nSPS) is 11.1. The van der Waals surface area contributed by atoms with Gasteiger partial charge in [0.2, 0.25) is 5.13 Å². The number of para-hydroxylation sites is 1. The standard InChI is InChI=1S/C16H16N4O3S/c1-8(2)7-11-19-20-16(24-11)18-15(23)12-13(21)9-5-3-4-6-10(9)17-14(12)22/h3-6,8H,7H2,1-2H3,(H2,17,21,22)(H,18,20,23). The van der Waals surface area contributed by atoms with Gasteiger partial charge in [0.15, 0.2) is 0 Å². The van der Waals surface area contributed by atoms with Crippen molar-refractivity contribution in [2.24, 2.45) is 5.92 Å². The number of H-pyrrole nitrogens is 1. The molecule has 0 spiro atoms. The Bertz CT molecular complexity index is 961. The number of aromatic amines is 1. The van der Waals surface area contributed by atoms with Crippen molar-refractivity contribution in [3.63, 3.8) is 0 Å². The van der Waals surface area contributed by atoms with Gasteiger partial charge in [-0.25, -0.2) is 0 Å². The molecule has 1 aromatic carbocycles.